The van der Waals surface area contributed by atoms with Crippen LogP contribution in [0.1, 0.15) is 13.8 Å². The Morgan fingerprint density at radius 3 is 2.59 bits per heavy atom. The molecule has 0 aromatic carbocycles. The van der Waals surface area contributed by atoms with Crippen LogP contribution in [0.4, 0.5) is 5.82 Å². The van der Waals surface area contributed by atoms with E-state index in [-0.39, 0.29) is 0 Å². The highest BCUT2D eigenvalue weighted by Gasteiger charge is 2.17. The fraction of sp³-hybridized carbons (Fsp3) is 0.636. The second-order valence-electron chi connectivity index (χ2n) is 4.58. The highest BCUT2D eigenvalue weighted by Crippen LogP contribution is 2.27. The van der Waals surface area contributed by atoms with Gasteiger partial charge in [0.1, 0.15) is 17.3 Å². The zero-order valence-corrected chi connectivity index (χ0v) is 12.9. The quantitative estimate of drug-likeness (QED) is 0.847. The molecule has 0 saturated heterocycles. The van der Waals surface area contributed by atoms with Gasteiger partial charge >= 0.3 is 0 Å². The van der Waals surface area contributed by atoms with Crippen molar-refractivity contribution in [2.24, 2.45) is 5.92 Å². The van der Waals surface area contributed by atoms with Gasteiger partial charge < -0.3 is 10.2 Å². The molecule has 1 N–H and O–H groups in total. The molecule has 0 spiro atoms. The maximum Gasteiger partial charge on any atom is 0.148 e. The van der Waals surface area contributed by atoms with Crippen LogP contribution in [-0.2, 0) is 0 Å². The minimum absolute atomic E-state index is 0.312. The van der Waals surface area contributed by atoms with Crippen molar-refractivity contribution in [1.29, 1.82) is 0 Å². The lowest BCUT2D eigenvalue weighted by molar-refractivity contribution is 0.344. The predicted molar refractivity (Wildman–Crippen MR) is 75.5 cm³/mol. The first-order chi connectivity index (χ1) is 7.91. The van der Waals surface area contributed by atoms with Crippen molar-refractivity contribution >= 4 is 33.3 Å². The maximum absolute atomic E-state index is 5.93. The average Bonchev–Trinajstić information content (AvgIpc) is 2.22. The maximum atomic E-state index is 5.93. The number of halogens is 2. The summed E-state index contributed by atoms with van der Waals surface area (Å²) >= 11 is 9.33. The molecule has 1 unspecified atom stereocenters. The molecule has 0 aliphatic rings. The van der Waals surface area contributed by atoms with Crippen LogP contribution in [-0.4, -0.2) is 41.5 Å². The van der Waals surface area contributed by atoms with Crippen LogP contribution in [0, 0.1) is 5.92 Å². The number of hydrogen-bond donors (Lipinski definition) is 1. The number of nitrogens with one attached hydrogen (secondary N) is 1. The van der Waals surface area contributed by atoms with E-state index in [1.165, 1.54) is 6.33 Å². The Balaban J connectivity index is 2.82. The van der Waals surface area contributed by atoms with Gasteiger partial charge in [-0.1, -0.05) is 25.4 Å². The zero-order chi connectivity index (χ0) is 13.0. The zero-order valence-electron chi connectivity index (χ0n) is 10.5. The summed E-state index contributed by atoms with van der Waals surface area (Å²) in [5.41, 5.74) is 0. The normalized spacial score (nSPS) is 13.2. The fourth-order valence-corrected chi connectivity index (χ4v) is 1.89. The SMILES string of the molecule is CC(C)C(CN(C)C)Nc1ncnc(Cl)c1Br. The minimum atomic E-state index is 0.312. The lowest BCUT2D eigenvalue weighted by Crippen LogP contribution is -2.36. The van der Waals surface area contributed by atoms with Crippen molar-refractivity contribution in [3.63, 3.8) is 0 Å². The summed E-state index contributed by atoms with van der Waals surface area (Å²) in [5, 5.41) is 3.82. The van der Waals surface area contributed by atoms with Crippen LogP contribution in [0.5, 0.6) is 0 Å². The number of anilines is 1. The van der Waals surface area contributed by atoms with Gasteiger partial charge in [0.25, 0.3) is 0 Å². The van der Waals surface area contributed by atoms with Gasteiger partial charge in [0, 0.05) is 12.6 Å². The number of likely N-dealkylation sites (N-methyl/N-ethyl adjacent to an activating group) is 1. The molecular weight excluding hydrogens is 304 g/mol. The molecule has 6 heteroatoms. The summed E-state index contributed by atoms with van der Waals surface area (Å²) in [4.78, 5) is 10.3. The predicted octanol–water partition coefficient (Wildman–Crippen LogP) is 2.89. The van der Waals surface area contributed by atoms with Crippen molar-refractivity contribution in [3.05, 3.63) is 16.0 Å². The first kappa shape index (κ1) is 14.7. The molecule has 0 amide bonds. The molecule has 0 aliphatic heterocycles. The lowest BCUT2D eigenvalue weighted by atomic mass is 10.0. The number of rotatable bonds is 5. The topological polar surface area (TPSA) is 41.0 Å². The lowest BCUT2D eigenvalue weighted by Gasteiger charge is -2.26. The van der Waals surface area contributed by atoms with E-state index in [1.807, 2.05) is 0 Å². The monoisotopic (exact) mass is 320 g/mol. The largest absolute Gasteiger partial charge is 0.365 e. The molecule has 0 radical (unpaired) electrons. The van der Waals surface area contributed by atoms with Gasteiger partial charge in [0.05, 0.1) is 4.47 Å². The minimum Gasteiger partial charge on any atom is -0.365 e. The van der Waals surface area contributed by atoms with Gasteiger partial charge in [-0.2, -0.15) is 0 Å². The molecule has 96 valence electrons. The summed E-state index contributed by atoms with van der Waals surface area (Å²) in [6.07, 6.45) is 1.46. The summed E-state index contributed by atoms with van der Waals surface area (Å²) in [7, 11) is 4.11. The molecule has 0 saturated carbocycles. The first-order valence-corrected chi connectivity index (χ1v) is 6.66. The smallest absolute Gasteiger partial charge is 0.148 e. The Bertz CT molecular complexity index is 370. The third-order valence-corrected chi connectivity index (χ3v) is 3.70. The molecule has 0 aliphatic carbocycles. The summed E-state index contributed by atoms with van der Waals surface area (Å²) in [6.45, 7) is 5.29. The molecule has 1 aromatic heterocycles. The van der Waals surface area contributed by atoms with E-state index in [0.717, 1.165) is 12.4 Å². The van der Waals surface area contributed by atoms with Gasteiger partial charge in [-0.15, -0.1) is 0 Å². The van der Waals surface area contributed by atoms with E-state index in [4.69, 9.17) is 11.6 Å². The standard InChI is InChI=1S/C11H18BrClN4/c1-7(2)8(5-17(3)4)16-11-9(12)10(13)14-6-15-11/h6-8H,5H2,1-4H3,(H,14,15,16). The van der Waals surface area contributed by atoms with Gasteiger partial charge in [0.15, 0.2) is 0 Å². The van der Waals surface area contributed by atoms with Crippen molar-refractivity contribution in [1.82, 2.24) is 14.9 Å². The number of hydrogen-bond acceptors (Lipinski definition) is 4. The molecule has 1 heterocycles. The molecular formula is C11H18BrClN4. The summed E-state index contributed by atoms with van der Waals surface area (Å²) < 4.78 is 0.714. The van der Waals surface area contributed by atoms with Crippen molar-refractivity contribution < 1.29 is 0 Å². The molecule has 17 heavy (non-hydrogen) atoms. The van der Waals surface area contributed by atoms with E-state index in [1.54, 1.807) is 0 Å². The van der Waals surface area contributed by atoms with Crippen LogP contribution in [0.3, 0.4) is 0 Å². The molecule has 0 fully saturated rings. The molecule has 0 bridgehead atoms. The Morgan fingerprint density at radius 2 is 2.06 bits per heavy atom. The molecule has 1 rings (SSSR count). The van der Waals surface area contributed by atoms with Crippen LogP contribution < -0.4 is 5.32 Å². The third-order valence-electron chi connectivity index (χ3n) is 2.44. The van der Waals surface area contributed by atoms with E-state index < -0.39 is 0 Å². The Kier molecular flexibility index (Phi) is 5.62. The van der Waals surface area contributed by atoms with Crippen molar-refractivity contribution in [2.45, 2.75) is 19.9 Å². The first-order valence-electron chi connectivity index (χ1n) is 5.49. The van der Waals surface area contributed by atoms with E-state index in [2.05, 4.69) is 64.1 Å². The fourth-order valence-electron chi connectivity index (χ4n) is 1.44. The second kappa shape index (κ2) is 6.52. The van der Waals surface area contributed by atoms with Crippen LogP contribution in [0.15, 0.2) is 10.8 Å². The highest BCUT2D eigenvalue weighted by atomic mass is 79.9. The van der Waals surface area contributed by atoms with Gasteiger partial charge in [0.2, 0.25) is 0 Å². The van der Waals surface area contributed by atoms with Crippen molar-refractivity contribution in [2.75, 3.05) is 26.0 Å². The number of nitrogens with zero attached hydrogens (tertiary/aromatic N) is 3. The average molecular weight is 322 g/mol. The van der Waals surface area contributed by atoms with E-state index in [0.29, 0.717) is 21.6 Å². The van der Waals surface area contributed by atoms with Crippen molar-refractivity contribution in [3.8, 4) is 0 Å². The van der Waals surface area contributed by atoms with Gasteiger partial charge in [-0.3, -0.25) is 0 Å². The van der Waals surface area contributed by atoms with Crippen LogP contribution >= 0.6 is 27.5 Å². The Morgan fingerprint density at radius 1 is 1.41 bits per heavy atom. The third kappa shape index (κ3) is 4.41. The Hall–Kier alpha value is -0.390. The summed E-state index contributed by atoms with van der Waals surface area (Å²) in [6, 6.07) is 0.312. The van der Waals surface area contributed by atoms with Crippen LogP contribution in [0.25, 0.3) is 0 Å². The Labute approximate surface area is 116 Å². The van der Waals surface area contributed by atoms with Crippen LogP contribution in [0.2, 0.25) is 5.15 Å². The summed E-state index contributed by atoms with van der Waals surface area (Å²) in [5.74, 6) is 1.24. The molecule has 4 nitrogen and oxygen atoms in total. The van der Waals surface area contributed by atoms with Gasteiger partial charge in [-0.05, 0) is 35.9 Å². The molecule has 1 atom stereocenters. The van der Waals surface area contributed by atoms with Gasteiger partial charge in [-0.25, -0.2) is 9.97 Å². The second-order valence-corrected chi connectivity index (χ2v) is 5.74. The highest BCUT2D eigenvalue weighted by molar-refractivity contribution is 9.10. The van der Waals surface area contributed by atoms with E-state index >= 15 is 0 Å². The van der Waals surface area contributed by atoms with E-state index in [9.17, 15) is 0 Å². The number of aromatic nitrogens is 2. The molecule has 1 aromatic rings.